The fourth-order valence-corrected chi connectivity index (χ4v) is 4.48. The average molecular weight is 504 g/mol. The molecule has 2 aromatic carbocycles. The number of β-amino-alcohol motifs (C(OH)–C–C–N with tert-alkyl or cyclic N) is 1. The van der Waals surface area contributed by atoms with Gasteiger partial charge in [-0.15, -0.1) is 12.4 Å². The Hall–Kier alpha value is -3.14. The monoisotopic (exact) mass is 503 g/mol. The van der Waals surface area contributed by atoms with E-state index in [4.69, 9.17) is 9.84 Å². The number of carboxylic acid groups (broad SMARTS) is 1. The number of nitrogens with zero attached hydrogens (tertiary/aromatic N) is 2. The van der Waals surface area contributed by atoms with Crippen molar-refractivity contribution in [3.05, 3.63) is 59.2 Å². The molecular weight excluding hydrogens is 474 g/mol. The van der Waals surface area contributed by atoms with Gasteiger partial charge in [0.2, 0.25) is 11.8 Å². The van der Waals surface area contributed by atoms with Crippen LogP contribution < -0.4 is 10.1 Å². The predicted molar refractivity (Wildman–Crippen MR) is 132 cm³/mol. The molecule has 0 aliphatic carbocycles. The van der Waals surface area contributed by atoms with Crippen molar-refractivity contribution in [3.63, 3.8) is 0 Å². The Morgan fingerprint density at radius 3 is 2.77 bits per heavy atom. The second-order valence-electron chi connectivity index (χ2n) is 8.87. The molecule has 9 nitrogen and oxygen atoms in total. The molecule has 2 aromatic rings. The van der Waals surface area contributed by atoms with Crippen LogP contribution in [0.3, 0.4) is 0 Å². The van der Waals surface area contributed by atoms with E-state index in [0.29, 0.717) is 31.7 Å². The van der Waals surface area contributed by atoms with Crippen LogP contribution in [0, 0.1) is 0 Å². The summed E-state index contributed by atoms with van der Waals surface area (Å²) in [6, 6.07) is 12.4. The molecule has 2 aliphatic heterocycles. The Bertz CT molecular complexity index is 1090. The normalized spacial score (nSPS) is 17.8. The van der Waals surface area contributed by atoms with E-state index in [9.17, 15) is 19.5 Å². The van der Waals surface area contributed by atoms with Crippen LogP contribution in [-0.2, 0) is 27.2 Å². The highest BCUT2D eigenvalue weighted by atomic mass is 35.5. The predicted octanol–water partition coefficient (Wildman–Crippen LogP) is 1.88. The molecule has 35 heavy (non-hydrogen) atoms. The fourth-order valence-electron chi connectivity index (χ4n) is 4.48. The molecule has 2 atom stereocenters. The number of hydrogen-bond acceptors (Lipinski definition) is 6. The van der Waals surface area contributed by atoms with Crippen molar-refractivity contribution in [2.45, 2.75) is 31.4 Å². The third-order valence-corrected chi connectivity index (χ3v) is 6.30. The maximum absolute atomic E-state index is 13.3. The smallest absolute Gasteiger partial charge is 0.341 e. The van der Waals surface area contributed by atoms with Crippen molar-refractivity contribution in [3.8, 4) is 5.75 Å². The minimum absolute atomic E-state index is 0. The van der Waals surface area contributed by atoms with Gasteiger partial charge in [0.05, 0.1) is 25.0 Å². The number of halogens is 1. The highest BCUT2D eigenvalue weighted by Gasteiger charge is 2.29. The molecule has 0 aromatic heterocycles. The van der Waals surface area contributed by atoms with Crippen molar-refractivity contribution >= 4 is 35.9 Å². The van der Waals surface area contributed by atoms with Crippen molar-refractivity contribution in [2.75, 3.05) is 38.6 Å². The van der Waals surface area contributed by atoms with Gasteiger partial charge >= 0.3 is 5.97 Å². The molecule has 0 radical (unpaired) electrons. The molecule has 2 amide bonds. The number of anilines is 1. The summed E-state index contributed by atoms with van der Waals surface area (Å²) in [6.45, 7) is 1.36. The quantitative estimate of drug-likeness (QED) is 0.478. The SMILES string of the molecule is CN(C(=O)Cc1ccc2c(c1)NC(=O)C2)[C@H](CN1CC[C@H](O)C1)c1cccc(OCC(=O)O)c1.Cl. The third kappa shape index (κ3) is 6.72. The van der Waals surface area contributed by atoms with E-state index in [-0.39, 0.29) is 42.8 Å². The first-order valence-corrected chi connectivity index (χ1v) is 11.3. The topological polar surface area (TPSA) is 119 Å². The molecule has 4 rings (SSSR count). The van der Waals surface area contributed by atoms with E-state index in [1.54, 1.807) is 30.1 Å². The van der Waals surface area contributed by atoms with Crippen molar-refractivity contribution in [1.82, 2.24) is 9.80 Å². The largest absolute Gasteiger partial charge is 0.482 e. The number of carboxylic acids is 1. The lowest BCUT2D eigenvalue weighted by Crippen LogP contribution is -2.39. The number of aliphatic carboxylic acids is 1. The Morgan fingerprint density at radius 2 is 2.06 bits per heavy atom. The second-order valence-corrected chi connectivity index (χ2v) is 8.87. The zero-order valence-electron chi connectivity index (χ0n) is 19.5. The lowest BCUT2D eigenvalue weighted by molar-refractivity contribution is -0.139. The van der Waals surface area contributed by atoms with Crippen LogP contribution in [0.2, 0.25) is 0 Å². The number of amides is 2. The zero-order chi connectivity index (χ0) is 24.2. The summed E-state index contributed by atoms with van der Waals surface area (Å²) in [4.78, 5) is 39.6. The number of ether oxygens (including phenoxy) is 1. The number of aliphatic hydroxyl groups excluding tert-OH is 1. The van der Waals surface area contributed by atoms with Crippen LogP contribution in [-0.4, -0.2) is 77.2 Å². The maximum atomic E-state index is 13.3. The van der Waals surface area contributed by atoms with E-state index in [1.807, 2.05) is 24.3 Å². The highest BCUT2D eigenvalue weighted by Crippen LogP contribution is 2.28. The number of fused-ring (bicyclic) bond motifs is 1. The van der Waals surface area contributed by atoms with Gasteiger partial charge in [0, 0.05) is 32.4 Å². The molecule has 188 valence electrons. The lowest BCUT2D eigenvalue weighted by Gasteiger charge is -2.32. The van der Waals surface area contributed by atoms with Gasteiger partial charge in [-0.3, -0.25) is 14.5 Å². The Morgan fingerprint density at radius 1 is 1.26 bits per heavy atom. The number of rotatable bonds is 9. The number of carbonyl (C=O) groups excluding carboxylic acids is 2. The molecule has 0 saturated carbocycles. The van der Waals surface area contributed by atoms with Gasteiger partial charge in [-0.25, -0.2) is 4.79 Å². The van der Waals surface area contributed by atoms with Crippen LogP contribution >= 0.6 is 12.4 Å². The summed E-state index contributed by atoms with van der Waals surface area (Å²) in [5.41, 5.74) is 3.31. The van der Waals surface area contributed by atoms with Gasteiger partial charge in [0.15, 0.2) is 6.61 Å². The van der Waals surface area contributed by atoms with E-state index < -0.39 is 12.6 Å². The van der Waals surface area contributed by atoms with E-state index >= 15 is 0 Å². The molecule has 2 heterocycles. The minimum Gasteiger partial charge on any atom is -0.482 e. The van der Waals surface area contributed by atoms with E-state index in [1.165, 1.54) is 0 Å². The van der Waals surface area contributed by atoms with Gasteiger partial charge in [-0.1, -0.05) is 24.3 Å². The Labute approximate surface area is 210 Å². The summed E-state index contributed by atoms with van der Waals surface area (Å²) in [7, 11) is 1.75. The summed E-state index contributed by atoms with van der Waals surface area (Å²) in [6.07, 6.45) is 0.836. The summed E-state index contributed by atoms with van der Waals surface area (Å²) in [5.74, 6) is -0.785. The van der Waals surface area contributed by atoms with E-state index in [2.05, 4.69) is 10.2 Å². The maximum Gasteiger partial charge on any atom is 0.341 e. The van der Waals surface area contributed by atoms with Crippen LogP contribution in [0.5, 0.6) is 5.75 Å². The van der Waals surface area contributed by atoms with Gasteiger partial charge in [0.25, 0.3) is 0 Å². The molecule has 0 unspecified atom stereocenters. The van der Waals surface area contributed by atoms with Crippen LogP contribution in [0.4, 0.5) is 5.69 Å². The first-order chi connectivity index (χ1) is 16.3. The van der Waals surface area contributed by atoms with Crippen LogP contribution in [0.15, 0.2) is 42.5 Å². The van der Waals surface area contributed by atoms with Crippen LogP contribution in [0.1, 0.15) is 29.2 Å². The summed E-state index contributed by atoms with van der Waals surface area (Å²) in [5, 5.41) is 21.7. The lowest BCUT2D eigenvalue weighted by atomic mass is 10.0. The fraction of sp³-hybridized carbons (Fsp3) is 0.400. The molecule has 1 fully saturated rings. The molecule has 0 bridgehead atoms. The number of aliphatic hydroxyl groups is 1. The Kier molecular flexibility index (Phi) is 8.71. The molecule has 10 heteroatoms. The Balaban J connectivity index is 0.00000342. The third-order valence-electron chi connectivity index (χ3n) is 6.30. The standard InChI is InChI=1S/C25H29N3O6.ClH/c1-27(24(31)10-16-5-6-17-12-23(30)26-21(17)9-16)22(14-28-8-7-19(29)13-28)18-3-2-4-20(11-18)34-15-25(32)33;/h2-6,9,11,19,22,29H,7-8,10,12-15H2,1H3,(H,26,30)(H,32,33);1H/t19-,22+;/m0./s1. The summed E-state index contributed by atoms with van der Waals surface area (Å²) < 4.78 is 5.34. The van der Waals surface area contributed by atoms with Gasteiger partial charge in [-0.05, 0) is 41.3 Å². The van der Waals surface area contributed by atoms with Crippen LogP contribution in [0.25, 0.3) is 0 Å². The van der Waals surface area contributed by atoms with E-state index in [0.717, 1.165) is 28.9 Å². The number of nitrogens with one attached hydrogen (secondary N) is 1. The molecule has 1 saturated heterocycles. The molecular formula is C25H30ClN3O6. The number of hydrogen-bond donors (Lipinski definition) is 3. The molecule has 0 spiro atoms. The second kappa shape index (κ2) is 11.5. The number of benzene rings is 2. The van der Waals surface area contributed by atoms with Gasteiger partial charge < -0.3 is 25.2 Å². The van der Waals surface area contributed by atoms with Gasteiger partial charge in [0.1, 0.15) is 5.75 Å². The first-order valence-electron chi connectivity index (χ1n) is 11.3. The molecule has 3 N–H and O–H groups in total. The first kappa shape index (κ1) is 26.5. The number of likely N-dealkylation sites (tertiary alicyclic amines) is 1. The average Bonchev–Trinajstić information content (AvgIpc) is 3.39. The van der Waals surface area contributed by atoms with Gasteiger partial charge in [-0.2, -0.15) is 0 Å². The minimum atomic E-state index is -1.06. The van der Waals surface area contributed by atoms with Crippen molar-refractivity contribution in [2.24, 2.45) is 0 Å². The zero-order valence-corrected chi connectivity index (χ0v) is 20.3. The highest BCUT2D eigenvalue weighted by molar-refractivity contribution is 5.99. The molecule has 2 aliphatic rings. The number of carbonyl (C=O) groups is 3. The van der Waals surface area contributed by atoms with Crippen molar-refractivity contribution in [1.29, 1.82) is 0 Å². The summed E-state index contributed by atoms with van der Waals surface area (Å²) >= 11 is 0. The number of likely N-dealkylation sites (N-methyl/N-ethyl adjacent to an activating group) is 1. The van der Waals surface area contributed by atoms with Crippen molar-refractivity contribution < 1.29 is 29.3 Å².